The van der Waals surface area contributed by atoms with Crippen LogP contribution in [0.25, 0.3) is 0 Å². The molecule has 3 atom stereocenters. The van der Waals surface area contributed by atoms with Crippen LogP contribution < -0.4 is 5.73 Å². The molecule has 2 N–H and O–H groups in total. The highest BCUT2D eigenvalue weighted by Gasteiger charge is 2.42. The van der Waals surface area contributed by atoms with Crippen molar-refractivity contribution < 1.29 is 9.15 Å². The van der Waals surface area contributed by atoms with Crippen molar-refractivity contribution in [3.8, 4) is 0 Å². The highest BCUT2D eigenvalue weighted by atomic mass is 32.2. The molecule has 0 amide bonds. The third-order valence-electron chi connectivity index (χ3n) is 4.57. The topological polar surface area (TPSA) is 48.4 Å². The Morgan fingerprint density at radius 3 is 3.21 bits per heavy atom. The van der Waals surface area contributed by atoms with Crippen LogP contribution in [0.4, 0.5) is 0 Å². The number of hydrogen-bond acceptors (Lipinski definition) is 4. The van der Waals surface area contributed by atoms with Gasteiger partial charge in [-0.2, -0.15) is 11.8 Å². The normalized spacial score (nSPS) is 32.8. The van der Waals surface area contributed by atoms with Gasteiger partial charge in [0.15, 0.2) is 0 Å². The van der Waals surface area contributed by atoms with Crippen LogP contribution in [0.15, 0.2) is 16.7 Å². The molecule has 1 aromatic rings. The van der Waals surface area contributed by atoms with E-state index in [0.717, 1.165) is 37.4 Å². The molecule has 2 fully saturated rings. The SMILES string of the molecule is CCc1occc1C(N)C1CCOC2(CCSC2)C1. The van der Waals surface area contributed by atoms with Crippen molar-refractivity contribution in [2.24, 2.45) is 11.7 Å². The van der Waals surface area contributed by atoms with Gasteiger partial charge in [-0.25, -0.2) is 0 Å². The quantitative estimate of drug-likeness (QED) is 0.924. The lowest BCUT2D eigenvalue weighted by molar-refractivity contribution is -0.0835. The third kappa shape index (κ3) is 2.58. The van der Waals surface area contributed by atoms with Gasteiger partial charge in [0.25, 0.3) is 0 Å². The average Bonchev–Trinajstić information content (AvgIpc) is 3.07. The molecule has 3 nitrogen and oxygen atoms in total. The van der Waals surface area contributed by atoms with E-state index in [1.165, 1.54) is 17.7 Å². The van der Waals surface area contributed by atoms with E-state index >= 15 is 0 Å². The second-order valence-electron chi connectivity index (χ2n) is 5.77. The van der Waals surface area contributed by atoms with Gasteiger partial charge in [0.2, 0.25) is 0 Å². The second-order valence-corrected chi connectivity index (χ2v) is 6.87. The fourth-order valence-electron chi connectivity index (χ4n) is 3.42. The number of nitrogens with two attached hydrogens (primary N) is 1. The summed E-state index contributed by atoms with van der Waals surface area (Å²) in [6, 6.07) is 2.15. The molecule has 0 bridgehead atoms. The van der Waals surface area contributed by atoms with Gasteiger partial charge in [0.1, 0.15) is 5.76 Å². The van der Waals surface area contributed by atoms with E-state index in [1.807, 2.05) is 11.8 Å². The number of hydrogen-bond donors (Lipinski definition) is 1. The highest BCUT2D eigenvalue weighted by Crippen LogP contribution is 2.43. The first kappa shape index (κ1) is 13.5. The molecule has 0 aromatic carbocycles. The summed E-state index contributed by atoms with van der Waals surface area (Å²) >= 11 is 2.01. The molecule has 2 saturated heterocycles. The number of thioether (sulfide) groups is 1. The maximum Gasteiger partial charge on any atom is 0.108 e. The Kier molecular flexibility index (Phi) is 3.92. The van der Waals surface area contributed by atoms with Crippen molar-refractivity contribution in [1.29, 1.82) is 0 Å². The zero-order chi connectivity index (χ0) is 13.3. The van der Waals surface area contributed by atoms with Crippen LogP contribution in [0, 0.1) is 5.92 Å². The molecule has 1 spiro atoms. The lowest BCUT2D eigenvalue weighted by Gasteiger charge is -2.40. The van der Waals surface area contributed by atoms with Gasteiger partial charge in [-0.15, -0.1) is 0 Å². The summed E-state index contributed by atoms with van der Waals surface area (Å²) in [5, 5.41) is 0. The van der Waals surface area contributed by atoms with E-state index in [4.69, 9.17) is 14.9 Å². The number of ether oxygens (including phenoxy) is 1. The van der Waals surface area contributed by atoms with Crippen molar-refractivity contribution in [1.82, 2.24) is 0 Å². The first-order chi connectivity index (χ1) is 9.24. The molecule has 2 aliphatic rings. The molecule has 2 aliphatic heterocycles. The maximum atomic E-state index is 6.52. The predicted molar refractivity (Wildman–Crippen MR) is 78.4 cm³/mol. The van der Waals surface area contributed by atoms with Crippen molar-refractivity contribution in [3.63, 3.8) is 0 Å². The summed E-state index contributed by atoms with van der Waals surface area (Å²) in [7, 11) is 0. The Labute approximate surface area is 119 Å². The molecule has 0 saturated carbocycles. The van der Waals surface area contributed by atoms with Gasteiger partial charge in [-0.05, 0) is 37.0 Å². The van der Waals surface area contributed by atoms with Crippen LogP contribution >= 0.6 is 11.8 Å². The zero-order valence-electron chi connectivity index (χ0n) is 11.6. The van der Waals surface area contributed by atoms with Crippen LogP contribution in [-0.4, -0.2) is 23.7 Å². The van der Waals surface area contributed by atoms with Gasteiger partial charge in [-0.1, -0.05) is 6.92 Å². The van der Waals surface area contributed by atoms with Gasteiger partial charge < -0.3 is 14.9 Å². The fourth-order valence-corrected chi connectivity index (χ4v) is 4.80. The van der Waals surface area contributed by atoms with Crippen LogP contribution in [0.2, 0.25) is 0 Å². The molecule has 19 heavy (non-hydrogen) atoms. The van der Waals surface area contributed by atoms with Crippen molar-refractivity contribution in [2.45, 2.75) is 44.2 Å². The monoisotopic (exact) mass is 281 g/mol. The Balaban J connectivity index is 1.74. The van der Waals surface area contributed by atoms with Crippen LogP contribution in [0.1, 0.15) is 43.6 Å². The minimum atomic E-state index is 0.0973. The summed E-state index contributed by atoms with van der Waals surface area (Å²) in [6.07, 6.45) is 6.05. The molecule has 106 valence electrons. The Hall–Kier alpha value is -0.450. The first-order valence-electron chi connectivity index (χ1n) is 7.28. The van der Waals surface area contributed by atoms with Crippen molar-refractivity contribution in [2.75, 3.05) is 18.1 Å². The van der Waals surface area contributed by atoms with E-state index in [1.54, 1.807) is 6.26 Å². The second kappa shape index (κ2) is 5.51. The van der Waals surface area contributed by atoms with Gasteiger partial charge in [0, 0.05) is 30.4 Å². The number of aryl methyl sites for hydroxylation is 1. The summed E-state index contributed by atoms with van der Waals surface area (Å²) < 4.78 is 11.6. The Morgan fingerprint density at radius 1 is 1.58 bits per heavy atom. The smallest absolute Gasteiger partial charge is 0.108 e. The average molecular weight is 281 g/mol. The van der Waals surface area contributed by atoms with E-state index in [2.05, 4.69) is 13.0 Å². The number of furan rings is 1. The molecule has 0 radical (unpaired) electrons. The van der Waals surface area contributed by atoms with Gasteiger partial charge in [0.05, 0.1) is 11.9 Å². The maximum absolute atomic E-state index is 6.52. The van der Waals surface area contributed by atoms with E-state index in [-0.39, 0.29) is 11.6 Å². The Morgan fingerprint density at radius 2 is 2.47 bits per heavy atom. The fraction of sp³-hybridized carbons (Fsp3) is 0.733. The van der Waals surface area contributed by atoms with E-state index < -0.39 is 0 Å². The summed E-state index contributed by atoms with van der Waals surface area (Å²) in [5.41, 5.74) is 7.84. The minimum absolute atomic E-state index is 0.0973. The summed E-state index contributed by atoms with van der Waals surface area (Å²) in [5.74, 6) is 3.94. The van der Waals surface area contributed by atoms with Gasteiger partial charge in [-0.3, -0.25) is 0 Å². The third-order valence-corrected chi connectivity index (χ3v) is 5.79. The van der Waals surface area contributed by atoms with Crippen LogP contribution in [0.3, 0.4) is 0 Å². The molecule has 1 aromatic heterocycles. The van der Waals surface area contributed by atoms with Crippen LogP contribution in [-0.2, 0) is 11.2 Å². The molecule has 3 heterocycles. The molecule has 4 heteroatoms. The first-order valence-corrected chi connectivity index (χ1v) is 8.43. The molecule has 3 unspecified atom stereocenters. The van der Waals surface area contributed by atoms with E-state index in [0.29, 0.717) is 5.92 Å². The largest absolute Gasteiger partial charge is 0.469 e. The van der Waals surface area contributed by atoms with E-state index in [9.17, 15) is 0 Å². The van der Waals surface area contributed by atoms with Gasteiger partial charge >= 0.3 is 0 Å². The Bertz CT molecular complexity index is 426. The summed E-state index contributed by atoms with van der Waals surface area (Å²) in [6.45, 7) is 2.98. The highest BCUT2D eigenvalue weighted by molar-refractivity contribution is 7.99. The lowest BCUT2D eigenvalue weighted by atomic mass is 9.79. The lowest BCUT2D eigenvalue weighted by Crippen LogP contribution is -2.42. The predicted octanol–water partition coefficient (Wildman–Crippen LogP) is 3.14. The molecular formula is C15H23NO2S. The van der Waals surface area contributed by atoms with Crippen LogP contribution in [0.5, 0.6) is 0 Å². The molecular weight excluding hydrogens is 258 g/mol. The number of rotatable bonds is 3. The minimum Gasteiger partial charge on any atom is -0.469 e. The zero-order valence-corrected chi connectivity index (χ0v) is 12.4. The summed E-state index contributed by atoms with van der Waals surface area (Å²) in [4.78, 5) is 0. The standard InChI is InChI=1S/C15H23NO2S/c1-2-13-12(4-6-17-13)14(16)11-3-7-18-15(9-11)5-8-19-10-15/h4,6,11,14H,2-3,5,7-10,16H2,1H3. The van der Waals surface area contributed by atoms with Crippen molar-refractivity contribution >= 4 is 11.8 Å². The molecule has 0 aliphatic carbocycles. The molecule has 3 rings (SSSR count). The van der Waals surface area contributed by atoms with Crippen molar-refractivity contribution in [3.05, 3.63) is 23.7 Å².